The van der Waals surface area contributed by atoms with Crippen LogP contribution in [0.4, 0.5) is 0 Å². The van der Waals surface area contributed by atoms with Crippen LogP contribution in [0.5, 0.6) is 5.75 Å². The van der Waals surface area contributed by atoms with Gasteiger partial charge in [-0.25, -0.2) is 0 Å². The molecule has 1 aromatic carbocycles. The highest BCUT2D eigenvalue weighted by Crippen LogP contribution is 2.10. The van der Waals surface area contributed by atoms with Gasteiger partial charge in [0.25, 0.3) is 0 Å². The lowest BCUT2D eigenvalue weighted by Crippen LogP contribution is -2.40. The van der Waals surface area contributed by atoms with Gasteiger partial charge in [-0.2, -0.15) is 0 Å². The summed E-state index contributed by atoms with van der Waals surface area (Å²) in [4.78, 5) is 21.7. The summed E-state index contributed by atoms with van der Waals surface area (Å²) < 4.78 is 0. The molecule has 0 aliphatic rings. The van der Waals surface area contributed by atoms with Crippen molar-refractivity contribution in [3.63, 3.8) is 0 Å². The number of benzene rings is 1. The second kappa shape index (κ2) is 5.75. The van der Waals surface area contributed by atoms with Gasteiger partial charge >= 0.3 is 0 Å². The molecule has 1 aromatic rings. The molecule has 0 spiro atoms. The van der Waals surface area contributed by atoms with Gasteiger partial charge in [-0.3, -0.25) is 20.4 Å². The van der Waals surface area contributed by atoms with Gasteiger partial charge in [-0.1, -0.05) is 12.1 Å². The Bertz CT molecular complexity index is 373. The molecule has 1 rings (SSSR count). The molecule has 0 atom stereocenters. The molecule has 0 aliphatic carbocycles. The van der Waals surface area contributed by atoms with Crippen LogP contribution in [-0.4, -0.2) is 16.9 Å². The lowest BCUT2D eigenvalue weighted by molar-refractivity contribution is -0.127. The van der Waals surface area contributed by atoms with E-state index in [0.29, 0.717) is 6.42 Å². The van der Waals surface area contributed by atoms with Crippen LogP contribution in [0.15, 0.2) is 24.3 Å². The minimum absolute atomic E-state index is 0.200. The Morgan fingerprint density at radius 2 is 1.81 bits per heavy atom. The summed E-state index contributed by atoms with van der Waals surface area (Å²) in [6.07, 6.45) is 0.844. The number of nitrogens with one attached hydrogen (secondary N) is 2. The maximum atomic E-state index is 11.2. The summed E-state index contributed by atoms with van der Waals surface area (Å²) in [5, 5.41) is 9.05. The van der Waals surface area contributed by atoms with E-state index >= 15 is 0 Å². The molecule has 0 radical (unpaired) electrons. The Balaban J connectivity index is 2.31. The van der Waals surface area contributed by atoms with Crippen LogP contribution >= 0.6 is 0 Å². The molecular weight excluding hydrogens is 208 g/mol. The van der Waals surface area contributed by atoms with Gasteiger partial charge in [-0.15, -0.1) is 0 Å². The third-order valence-corrected chi connectivity index (χ3v) is 1.96. The fraction of sp³-hybridized carbons (Fsp3) is 0.273. The number of hydrogen-bond acceptors (Lipinski definition) is 3. The van der Waals surface area contributed by atoms with E-state index < -0.39 is 0 Å². The standard InChI is InChI=1S/C11H14N2O3/c1-8(14)12-13-11(16)7-4-9-2-5-10(15)6-3-9/h2-3,5-6,15H,4,7H2,1H3,(H,12,14)(H,13,16). The zero-order valence-electron chi connectivity index (χ0n) is 8.99. The Kier molecular flexibility index (Phi) is 4.32. The van der Waals surface area contributed by atoms with Crippen molar-refractivity contribution in [1.29, 1.82) is 0 Å². The summed E-state index contributed by atoms with van der Waals surface area (Å²) >= 11 is 0. The molecule has 0 fully saturated rings. The van der Waals surface area contributed by atoms with Crippen LogP contribution in [0, 0.1) is 0 Å². The first-order valence-corrected chi connectivity index (χ1v) is 4.91. The number of carbonyl (C=O) groups is 2. The number of amides is 2. The molecule has 2 amide bonds. The van der Waals surface area contributed by atoms with Crippen molar-refractivity contribution in [2.45, 2.75) is 19.8 Å². The van der Waals surface area contributed by atoms with Gasteiger partial charge < -0.3 is 5.11 Å². The van der Waals surface area contributed by atoms with Gasteiger partial charge in [0.05, 0.1) is 0 Å². The predicted molar refractivity (Wildman–Crippen MR) is 58.4 cm³/mol. The summed E-state index contributed by atoms with van der Waals surface area (Å²) in [5.74, 6) is -0.354. The molecule has 3 N–H and O–H groups in total. The second-order valence-electron chi connectivity index (χ2n) is 3.40. The van der Waals surface area contributed by atoms with E-state index in [0.717, 1.165) is 5.56 Å². The fourth-order valence-electron chi connectivity index (χ4n) is 1.14. The molecule has 0 heterocycles. The molecule has 5 heteroatoms. The molecule has 0 aliphatic heterocycles. The highest BCUT2D eigenvalue weighted by molar-refractivity contribution is 5.80. The molecule has 86 valence electrons. The van der Waals surface area contributed by atoms with Gasteiger partial charge in [0.15, 0.2) is 0 Å². The zero-order chi connectivity index (χ0) is 12.0. The maximum absolute atomic E-state index is 11.2. The van der Waals surface area contributed by atoms with Crippen molar-refractivity contribution in [3.8, 4) is 5.75 Å². The van der Waals surface area contributed by atoms with E-state index in [1.165, 1.54) is 6.92 Å². The van der Waals surface area contributed by atoms with E-state index in [1.807, 2.05) is 0 Å². The van der Waals surface area contributed by atoms with Crippen LogP contribution in [-0.2, 0) is 16.0 Å². The van der Waals surface area contributed by atoms with Gasteiger partial charge in [0.2, 0.25) is 11.8 Å². The number of aryl methyl sites for hydroxylation is 1. The predicted octanol–water partition coefficient (Wildman–Crippen LogP) is 0.492. The first kappa shape index (κ1) is 12.0. The largest absolute Gasteiger partial charge is 0.508 e. The number of carbonyl (C=O) groups excluding carboxylic acids is 2. The smallest absolute Gasteiger partial charge is 0.238 e. The van der Waals surface area contributed by atoms with Crippen molar-refractivity contribution in [2.75, 3.05) is 0 Å². The van der Waals surface area contributed by atoms with Gasteiger partial charge in [0, 0.05) is 13.3 Å². The van der Waals surface area contributed by atoms with Gasteiger partial charge in [0.1, 0.15) is 5.75 Å². The Morgan fingerprint density at radius 3 is 2.38 bits per heavy atom. The van der Waals surface area contributed by atoms with E-state index in [2.05, 4.69) is 10.9 Å². The quantitative estimate of drug-likeness (QED) is 0.651. The van der Waals surface area contributed by atoms with Crippen molar-refractivity contribution in [3.05, 3.63) is 29.8 Å². The minimum atomic E-state index is -0.307. The van der Waals surface area contributed by atoms with Crippen molar-refractivity contribution in [2.24, 2.45) is 0 Å². The molecule has 16 heavy (non-hydrogen) atoms. The number of phenolic OH excluding ortho intramolecular Hbond substituents is 1. The fourth-order valence-corrected chi connectivity index (χ4v) is 1.14. The number of aromatic hydroxyl groups is 1. The molecule has 0 aromatic heterocycles. The molecule has 0 saturated heterocycles. The molecular formula is C11H14N2O3. The third kappa shape index (κ3) is 4.45. The summed E-state index contributed by atoms with van der Waals surface area (Å²) in [5.41, 5.74) is 5.44. The number of rotatable bonds is 3. The van der Waals surface area contributed by atoms with E-state index in [9.17, 15) is 9.59 Å². The van der Waals surface area contributed by atoms with E-state index in [4.69, 9.17) is 5.11 Å². The van der Waals surface area contributed by atoms with Crippen LogP contribution in [0.25, 0.3) is 0 Å². The summed E-state index contributed by atoms with van der Waals surface area (Å²) in [6.45, 7) is 1.32. The van der Waals surface area contributed by atoms with Crippen LogP contribution in [0.1, 0.15) is 18.9 Å². The molecule has 0 bridgehead atoms. The number of phenols is 1. The normalized spacial score (nSPS) is 9.56. The lowest BCUT2D eigenvalue weighted by Gasteiger charge is -2.04. The zero-order valence-corrected chi connectivity index (χ0v) is 8.99. The molecule has 0 saturated carbocycles. The van der Waals surface area contributed by atoms with Gasteiger partial charge in [-0.05, 0) is 24.1 Å². The van der Waals surface area contributed by atoms with E-state index in [1.54, 1.807) is 24.3 Å². The molecule has 0 unspecified atom stereocenters. The highest BCUT2D eigenvalue weighted by atomic mass is 16.3. The van der Waals surface area contributed by atoms with Crippen LogP contribution in [0.2, 0.25) is 0 Å². The Labute approximate surface area is 93.4 Å². The monoisotopic (exact) mass is 222 g/mol. The summed E-state index contributed by atoms with van der Waals surface area (Å²) in [7, 11) is 0. The Hall–Kier alpha value is -2.04. The minimum Gasteiger partial charge on any atom is -0.508 e. The molecule has 5 nitrogen and oxygen atoms in total. The SMILES string of the molecule is CC(=O)NNC(=O)CCc1ccc(O)cc1. The maximum Gasteiger partial charge on any atom is 0.238 e. The average Bonchev–Trinajstić information content (AvgIpc) is 2.25. The summed E-state index contributed by atoms with van der Waals surface area (Å²) in [6, 6.07) is 6.64. The van der Waals surface area contributed by atoms with Crippen molar-refractivity contribution < 1.29 is 14.7 Å². The van der Waals surface area contributed by atoms with E-state index in [-0.39, 0.29) is 24.0 Å². The van der Waals surface area contributed by atoms with Crippen molar-refractivity contribution >= 4 is 11.8 Å². The van der Waals surface area contributed by atoms with Crippen molar-refractivity contribution in [1.82, 2.24) is 10.9 Å². The topological polar surface area (TPSA) is 78.4 Å². The second-order valence-corrected chi connectivity index (χ2v) is 3.40. The first-order valence-electron chi connectivity index (χ1n) is 4.91. The number of hydrogen-bond donors (Lipinski definition) is 3. The Morgan fingerprint density at radius 1 is 1.19 bits per heavy atom. The third-order valence-electron chi connectivity index (χ3n) is 1.96. The first-order chi connectivity index (χ1) is 7.58. The highest BCUT2D eigenvalue weighted by Gasteiger charge is 2.02. The lowest BCUT2D eigenvalue weighted by atomic mass is 10.1. The van der Waals surface area contributed by atoms with Crippen LogP contribution < -0.4 is 10.9 Å². The average molecular weight is 222 g/mol. The van der Waals surface area contributed by atoms with Crippen LogP contribution in [0.3, 0.4) is 0 Å². The number of hydrazine groups is 1.